The SMILES string of the molecule is Cc1nn(C2CCS(=O)(=O)C2)c(C)c1NC(=O)c1ccc(-n2cnnn2)cc1. The summed E-state index contributed by atoms with van der Waals surface area (Å²) < 4.78 is 26.8. The summed E-state index contributed by atoms with van der Waals surface area (Å²) in [4.78, 5) is 12.7. The van der Waals surface area contributed by atoms with E-state index in [1.807, 2.05) is 6.92 Å². The van der Waals surface area contributed by atoms with Crippen LogP contribution in [0.2, 0.25) is 0 Å². The number of aromatic nitrogens is 6. The molecular formula is C17H19N7O3S. The molecule has 0 bridgehead atoms. The molecule has 4 rings (SSSR count). The Morgan fingerprint density at radius 3 is 2.57 bits per heavy atom. The van der Waals surface area contributed by atoms with Gasteiger partial charge in [-0.05, 0) is 55.0 Å². The monoisotopic (exact) mass is 401 g/mol. The molecule has 1 aliphatic rings. The largest absolute Gasteiger partial charge is 0.319 e. The maximum absolute atomic E-state index is 12.7. The van der Waals surface area contributed by atoms with Crippen molar-refractivity contribution in [3.63, 3.8) is 0 Å². The Kier molecular flexibility index (Phi) is 4.46. The number of sulfone groups is 1. The third kappa shape index (κ3) is 3.40. The van der Waals surface area contributed by atoms with Crippen molar-refractivity contribution in [2.75, 3.05) is 16.8 Å². The highest BCUT2D eigenvalue weighted by atomic mass is 32.2. The van der Waals surface area contributed by atoms with Crippen molar-refractivity contribution in [2.24, 2.45) is 0 Å². The van der Waals surface area contributed by atoms with Crippen molar-refractivity contribution in [1.82, 2.24) is 30.0 Å². The Hall–Kier alpha value is -3.08. The molecule has 1 atom stereocenters. The molecular weight excluding hydrogens is 382 g/mol. The molecule has 3 aromatic rings. The molecule has 2 aromatic heterocycles. The molecule has 1 fully saturated rings. The number of tetrazole rings is 1. The number of carbonyl (C=O) groups excluding carboxylic acids is 1. The van der Waals surface area contributed by atoms with Crippen LogP contribution >= 0.6 is 0 Å². The third-order valence-electron chi connectivity index (χ3n) is 4.86. The first-order chi connectivity index (χ1) is 13.3. The fourth-order valence-electron chi connectivity index (χ4n) is 3.40. The molecule has 0 saturated carbocycles. The Balaban J connectivity index is 1.53. The molecule has 1 aromatic carbocycles. The molecule has 1 amide bonds. The minimum atomic E-state index is -3.02. The molecule has 11 heteroatoms. The van der Waals surface area contributed by atoms with Crippen LogP contribution in [0.1, 0.15) is 34.2 Å². The van der Waals surface area contributed by atoms with E-state index >= 15 is 0 Å². The Labute approximate surface area is 161 Å². The van der Waals surface area contributed by atoms with Crippen LogP contribution in [0, 0.1) is 13.8 Å². The molecule has 0 aliphatic carbocycles. The van der Waals surface area contributed by atoms with E-state index < -0.39 is 9.84 Å². The van der Waals surface area contributed by atoms with Crippen LogP contribution in [0.25, 0.3) is 5.69 Å². The summed E-state index contributed by atoms with van der Waals surface area (Å²) in [5.74, 6) is -0.0141. The lowest BCUT2D eigenvalue weighted by Gasteiger charge is -2.12. The third-order valence-corrected chi connectivity index (χ3v) is 6.61. The molecule has 146 valence electrons. The second kappa shape index (κ2) is 6.82. The van der Waals surface area contributed by atoms with Crippen molar-refractivity contribution in [1.29, 1.82) is 0 Å². The number of benzene rings is 1. The van der Waals surface area contributed by atoms with Crippen LogP contribution in [0.4, 0.5) is 5.69 Å². The van der Waals surface area contributed by atoms with E-state index in [0.717, 1.165) is 11.4 Å². The lowest BCUT2D eigenvalue weighted by molar-refractivity contribution is 0.102. The van der Waals surface area contributed by atoms with Gasteiger partial charge in [0.2, 0.25) is 0 Å². The highest BCUT2D eigenvalue weighted by molar-refractivity contribution is 7.91. The van der Waals surface area contributed by atoms with Gasteiger partial charge in [0.15, 0.2) is 9.84 Å². The fourth-order valence-corrected chi connectivity index (χ4v) is 5.09. The van der Waals surface area contributed by atoms with E-state index in [9.17, 15) is 13.2 Å². The number of anilines is 1. The van der Waals surface area contributed by atoms with Crippen LogP contribution in [0.15, 0.2) is 30.6 Å². The maximum Gasteiger partial charge on any atom is 0.255 e. The molecule has 1 unspecified atom stereocenters. The molecule has 1 saturated heterocycles. The number of aryl methyl sites for hydroxylation is 1. The van der Waals surface area contributed by atoms with E-state index in [-0.39, 0.29) is 23.5 Å². The highest BCUT2D eigenvalue weighted by Crippen LogP contribution is 2.29. The number of hydrogen-bond acceptors (Lipinski definition) is 7. The van der Waals surface area contributed by atoms with Gasteiger partial charge in [0.25, 0.3) is 5.91 Å². The van der Waals surface area contributed by atoms with Gasteiger partial charge < -0.3 is 5.32 Å². The van der Waals surface area contributed by atoms with Crippen molar-refractivity contribution in [3.8, 4) is 5.69 Å². The molecule has 0 radical (unpaired) electrons. The van der Waals surface area contributed by atoms with Gasteiger partial charge in [-0.25, -0.2) is 13.1 Å². The molecule has 10 nitrogen and oxygen atoms in total. The number of carbonyl (C=O) groups is 1. The Bertz CT molecular complexity index is 1120. The summed E-state index contributed by atoms with van der Waals surface area (Å²) in [5, 5.41) is 18.3. The van der Waals surface area contributed by atoms with Gasteiger partial charge >= 0.3 is 0 Å². The lowest BCUT2D eigenvalue weighted by atomic mass is 10.2. The van der Waals surface area contributed by atoms with E-state index in [4.69, 9.17) is 0 Å². The Morgan fingerprint density at radius 1 is 1.21 bits per heavy atom. The molecule has 0 spiro atoms. The smallest absolute Gasteiger partial charge is 0.255 e. The standard InChI is InChI=1S/C17H19N7O3S/c1-11-16(12(2)24(20-11)15-7-8-28(26,27)9-15)19-17(25)13-3-5-14(6-4-13)23-10-18-21-22-23/h3-6,10,15H,7-9H2,1-2H3,(H,19,25). The van der Waals surface area contributed by atoms with Gasteiger partial charge in [-0.2, -0.15) is 5.10 Å². The maximum atomic E-state index is 12.7. The Morgan fingerprint density at radius 2 is 1.96 bits per heavy atom. The summed E-state index contributed by atoms with van der Waals surface area (Å²) in [6, 6.07) is 6.68. The second-order valence-electron chi connectivity index (χ2n) is 6.80. The molecule has 1 aliphatic heterocycles. The quantitative estimate of drug-likeness (QED) is 0.694. The average molecular weight is 401 g/mol. The van der Waals surface area contributed by atoms with E-state index in [0.29, 0.717) is 23.4 Å². The summed E-state index contributed by atoms with van der Waals surface area (Å²) in [6.07, 6.45) is 2.01. The van der Waals surface area contributed by atoms with E-state index in [1.165, 1.54) is 11.0 Å². The average Bonchev–Trinajstić information content (AvgIpc) is 3.38. The zero-order valence-electron chi connectivity index (χ0n) is 15.4. The van der Waals surface area contributed by atoms with Crippen molar-refractivity contribution >= 4 is 21.4 Å². The number of hydrogen-bond donors (Lipinski definition) is 1. The molecule has 3 heterocycles. The van der Waals surface area contributed by atoms with Gasteiger partial charge in [0.05, 0.1) is 40.3 Å². The van der Waals surface area contributed by atoms with Gasteiger partial charge in [-0.1, -0.05) is 0 Å². The predicted molar refractivity (Wildman–Crippen MR) is 101 cm³/mol. The first-order valence-corrected chi connectivity index (χ1v) is 10.6. The summed E-state index contributed by atoms with van der Waals surface area (Å²) in [5.41, 5.74) is 3.23. The number of nitrogens with one attached hydrogen (secondary N) is 1. The lowest BCUT2D eigenvalue weighted by Crippen LogP contribution is -2.15. The topological polar surface area (TPSA) is 125 Å². The second-order valence-corrected chi connectivity index (χ2v) is 9.03. The normalized spacial score (nSPS) is 18.3. The minimum Gasteiger partial charge on any atom is -0.319 e. The van der Waals surface area contributed by atoms with Crippen molar-refractivity contribution in [3.05, 3.63) is 47.5 Å². The molecule has 1 N–H and O–H groups in total. The number of rotatable bonds is 4. The fraction of sp³-hybridized carbons (Fsp3) is 0.353. The number of nitrogens with zero attached hydrogens (tertiary/aromatic N) is 6. The van der Waals surface area contributed by atoms with Crippen LogP contribution in [-0.4, -0.2) is 55.8 Å². The minimum absolute atomic E-state index is 0.0843. The van der Waals surface area contributed by atoms with Gasteiger partial charge in [0, 0.05) is 5.56 Å². The predicted octanol–water partition coefficient (Wildman–Crippen LogP) is 1.09. The van der Waals surface area contributed by atoms with Crippen LogP contribution in [-0.2, 0) is 9.84 Å². The van der Waals surface area contributed by atoms with Crippen molar-refractivity contribution in [2.45, 2.75) is 26.3 Å². The first kappa shape index (κ1) is 18.3. The van der Waals surface area contributed by atoms with Gasteiger partial charge in [-0.15, -0.1) is 5.10 Å². The number of amides is 1. The molecule has 28 heavy (non-hydrogen) atoms. The van der Waals surface area contributed by atoms with Crippen molar-refractivity contribution < 1.29 is 13.2 Å². The van der Waals surface area contributed by atoms with E-state index in [1.54, 1.807) is 35.9 Å². The van der Waals surface area contributed by atoms with Gasteiger partial charge in [-0.3, -0.25) is 9.48 Å². The highest BCUT2D eigenvalue weighted by Gasteiger charge is 2.31. The summed E-state index contributed by atoms with van der Waals surface area (Å²) in [6.45, 7) is 3.63. The van der Waals surface area contributed by atoms with Crippen LogP contribution in [0.3, 0.4) is 0 Å². The van der Waals surface area contributed by atoms with E-state index in [2.05, 4.69) is 25.9 Å². The zero-order chi connectivity index (χ0) is 19.9. The summed E-state index contributed by atoms with van der Waals surface area (Å²) >= 11 is 0. The van der Waals surface area contributed by atoms with Gasteiger partial charge in [0.1, 0.15) is 6.33 Å². The summed E-state index contributed by atoms with van der Waals surface area (Å²) in [7, 11) is -3.02. The zero-order valence-corrected chi connectivity index (χ0v) is 16.2. The van der Waals surface area contributed by atoms with Crippen LogP contribution in [0.5, 0.6) is 0 Å². The first-order valence-electron chi connectivity index (χ1n) is 8.75. The van der Waals surface area contributed by atoms with Crippen LogP contribution < -0.4 is 5.32 Å².